The number of aromatic nitrogens is 2. The number of amides is 2. The third kappa shape index (κ3) is 3.18. The van der Waals surface area contributed by atoms with Gasteiger partial charge in [-0.2, -0.15) is 18.3 Å². The second kappa shape index (κ2) is 6.58. The number of carbonyl (C=O) groups excluding carboxylic acids is 2. The lowest BCUT2D eigenvalue weighted by molar-refractivity contribution is -0.143. The summed E-state index contributed by atoms with van der Waals surface area (Å²) in [6.07, 6.45) is -1.46. The predicted molar refractivity (Wildman–Crippen MR) is 90.7 cm³/mol. The van der Waals surface area contributed by atoms with Crippen LogP contribution in [0.3, 0.4) is 0 Å². The van der Waals surface area contributed by atoms with E-state index in [2.05, 4.69) is 10.4 Å². The van der Waals surface area contributed by atoms with Crippen molar-refractivity contribution in [1.82, 2.24) is 9.78 Å². The average molecular weight is 407 g/mol. The van der Waals surface area contributed by atoms with Crippen LogP contribution >= 0.6 is 22.9 Å². The molecule has 0 bridgehead atoms. The van der Waals surface area contributed by atoms with Gasteiger partial charge in [0.25, 0.3) is 11.8 Å². The van der Waals surface area contributed by atoms with Gasteiger partial charge in [0.2, 0.25) is 0 Å². The molecule has 140 valence electrons. The van der Waals surface area contributed by atoms with Crippen LogP contribution in [0.25, 0.3) is 0 Å². The van der Waals surface area contributed by atoms with Crippen LogP contribution in [-0.2, 0) is 26.1 Å². The molecular formula is C15H14ClF3N4O2S. The maximum Gasteiger partial charge on any atom is 0.434 e. The van der Waals surface area contributed by atoms with Gasteiger partial charge >= 0.3 is 6.18 Å². The van der Waals surface area contributed by atoms with E-state index in [1.165, 1.54) is 11.3 Å². The number of nitrogens with one attached hydrogen (secondary N) is 1. The number of halogens is 4. The van der Waals surface area contributed by atoms with Crippen LogP contribution < -0.4 is 11.1 Å². The van der Waals surface area contributed by atoms with E-state index in [0.29, 0.717) is 11.1 Å². The average Bonchev–Trinajstić information content (AvgIpc) is 3.03. The number of alkyl halides is 3. The van der Waals surface area contributed by atoms with Crippen molar-refractivity contribution in [3.63, 3.8) is 0 Å². The number of nitrogens with two attached hydrogens (primary N) is 1. The second-order valence-corrected chi connectivity index (χ2v) is 7.35. The zero-order valence-electron chi connectivity index (χ0n) is 13.5. The van der Waals surface area contributed by atoms with E-state index in [9.17, 15) is 22.8 Å². The third-order valence-corrected chi connectivity index (χ3v) is 5.68. The molecule has 0 saturated carbocycles. The van der Waals surface area contributed by atoms with Crippen LogP contribution in [0.2, 0.25) is 5.02 Å². The molecule has 0 saturated heterocycles. The smallest absolute Gasteiger partial charge is 0.365 e. The van der Waals surface area contributed by atoms with Gasteiger partial charge in [0.1, 0.15) is 10.0 Å². The predicted octanol–water partition coefficient (Wildman–Crippen LogP) is 3.38. The van der Waals surface area contributed by atoms with Crippen molar-refractivity contribution in [2.75, 3.05) is 5.32 Å². The highest BCUT2D eigenvalue weighted by atomic mass is 35.5. The molecule has 3 rings (SSSR count). The summed E-state index contributed by atoms with van der Waals surface area (Å²) in [5, 5.41) is 5.44. The van der Waals surface area contributed by atoms with Crippen LogP contribution in [0.4, 0.5) is 18.2 Å². The van der Waals surface area contributed by atoms with Gasteiger partial charge in [-0.15, -0.1) is 11.3 Å². The number of primary amides is 1. The number of fused-ring (bicyclic) bond motifs is 1. The van der Waals surface area contributed by atoms with Gasteiger partial charge < -0.3 is 11.1 Å². The van der Waals surface area contributed by atoms with E-state index in [1.807, 2.05) is 0 Å². The summed E-state index contributed by atoms with van der Waals surface area (Å²) < 4.78 is 39.5. The fraction of sp³-hybridized carbons (Fsp3) is 0.400. The highest BCUT2D eigenvalue weighted by Gasteiger charge is 2.40. The number of anilines is 1. The fourth-order valence-electron chi connectivity index (χ4n) is 3.03. The third-order valence-electron chi connectivity index (χ3n) is 4.12. The van der Waals surface area contributed by atoms with Crippen molar-refractivity contribution >= 4 is 39.8 Å². The van der Waals surface area contributed by atoms with Crippen molar-refractivity contribution in [3.05, 3.63) is 32.4 Å². The molecule has 0 fully saturated rings. The maximum absolute atomic E-state index is 13.0. The second-order valence-electron chi connectivity index (χ2n) is 5.87. The van der Waals surface area contributed by atoms with Crippen molar-refractivity contribution in [2.24, 2.45) is 12.8 Å². The lowest BCUT2D eigenvalue weighted by Gasteiger charge is -2.11. The first-order chi connectivity index (χ1) is 12.1. The van der Waals surface area contributed by atoms with Crippen molar-refractivity contribution < 1.29 is 22.8 Å². The van der Waals surface area contributed by atoms with E-state index in [0.717, 1.165) is 36.8 Å². The number of aryl methyl sites for hydroxylation is 2. The van der Waals surface area contributed by atoms with E-state index in [1.54, 1.807) is 0 Å². The van der Waals surface area contributed by atoms with E-state index in [-0.39, 0.29) is 10.6 Å². The molecule has 0 radical (unpaired) electrons. The molecule has 0 aliphatic heterocycles. The highest BCUT2D eigenvalue weighted by Crippen LogP contribution is 2.39. The number of rotatable bonds is 3. The zero-order chi connectivity index (χ0) is 19.2. The molecule has 0 spiro atoms. The zero-order valence-corrected chi connectivity index (χ0v) is 15.1. The molecule has 0 aromatic carbocycles. The Morgan fingerprint density at radius 2 is 1.96 bits per heavy atom. The fourth-order valence-corrected chi connectivity index (χ4v) is 4.67. The molecule has 2 aromatic heterocycles. The number of hydrogen-bond acceptors (Lipinski definition) is 4. The van der Waals surface area contributed by atoms with Crippen LogP contribution in [-0.4, -0.2) is 21.6 Å². The van der Waals surface area contributed by atoms with E-state index in [4.69, 9.17) is 17.3 Å². The summed E-state index contributed by atoms with van der Waals surface area (Å²) in [5.74, 6) is -1.62. The molecule has 0 atom stereocenters. The standard InChI is InChI=1S/C15H14ClF3N4O2S/c1-23-11(15(17,18)19)9(16)10(22-23)13(25)21-14-8(12(20)24)6-4-2-3-5-7(6)26-14/h2-5H2,1H3,(H2,20,24)(H,21,25). The Hall–Kier alpha value is -2.07. The Bertz CT molecular complexity index is 904. The molecule has 1 aliphatic carbocycles. The Morgan fingerprint density at radius 3 is 2.54 bits per heavy atom. The molecule has 6 nitrogen and oxygen atoms in total. The van der Waals surface area contributed by atoms with Gasteiger partial charge in [0.05, 0.1) is 5.56 Å². The van der Waals surface area contributed by atoms with Gasteiger partial charge in [0, 0.05) is 11.9 Å². The Balaban J connectivity index is 1.97. The first-order valence-electron chi connectivity index (χ1n) is 7.66. The Morgan fingerprint density at radius 1 is 1.31 bits per heavy atom. The molecule has 11 heteroatoms. The van der Waals surface area contributed by atoms with Crippen molar-refractivity contribution in [1.29, 1.82) is 0 Å². The van der Waals surface area contributed by atoms with Gasteiger partial charge in [0.15, 0.2) is 11.4 Å². The molecule has 2 amide bonds. The maximum atomic E-state index is 13.0. The topological polar surface area (TPSA) is 90.0 Å². The lowest BCUT2D eigenvalue weighted by atomic mass is 9.95. The molecular weight excluding hydrogens is 393 g/mol. The van der Waals surface area contributed by atoms with E-state index >= 15 is 0 Å². The largest absolute Gasteiger partial charge is 0.434 e. The van der Waals surface area contributed by atoms with Gasteiger partial charge in [-0.25, -0.2) is 0 Å². The summed E-state index contributed by atoms with van der Waals surface area (Å²) in [5.41, 5.74) is 4.66. The first kappa shape index (κ1) is 18.7. The summed E-state index contributed by atoms with van der Waals surface area (Å²) in [6, 6.07) is 0. The van der Waals surface area contributed by atoms with Crippen molar-refractivity contribution in [3.8, 4) is 0 Å². The monoisotopic (exact) mass is 406 g/mol. The molecule has 26 heavy (non-hydrogen) atoms. The molecule has 2 aromatic rings. The number of carbonyl (C=O) groups is 2. The number of hydrogen-bond donors (Lipinski definition) is 2. The summed E-state index contributed by atoms with van der Waals surface area (Å²) in [7, 11) is 1.05. The van der Waals surface area contributed by atoms with Crippen LogP contribution in [0.15, 0.2) is 0 Å². The lowest BCUT2D eigenvalue weighted by Crippen LogP contribution is -2.19. The summed E-state index contributed by atoms with van der Waals surface area (Å²) >= 11 is 6.93. The summed E-state index contributed by atoms with van der Waals surface area (Å²) in [6.45, 7) is 0. The first-order valence-corrected chi connectivity index (χ1v) is 8.86. The molecule has 3 N–H and O–H groups in total. The minimum Gasteiger partial charge on any atom is -0.365 e. The van der Waals surface area contributed by atoms with Crippen LogP contribution in [0, 0.1) is 0 Å². The highest BCUT2D eigenvalue weighted by molar-refractivity contribution is 7.17. The molecule has 0 unspecified atom stereocenters. The number of thiophene rings is 1. The molecule has 1 aliphatic rings. The Kier molecular flexibility index (Phi) is 4.74. The van der Waals surface area contributed by atoms with Crippen LogP contribution in [0.5, 0.6) is 0 Å². The quantitative estimate of drug-likeness (QED) is 0.818. The Labute approximate surface area is 155 Å². The SMILES string of the molecule is Cn1nc(C(=O)Nc2sc3c(c2C(N)=O)CCCC3)c(Cl)c1C(F)(F)F. The minimum atomic E-state index is -4.75. The van der Waals surface area contributed by atoms with Crippen molar-refractivity contribution in [2.45, 2.75) is 31.9 Å². The van der Waals surface area contributed by atoms with Gasteiger partial charge in [-0.05, 0) is 31.2 Å². The molecule has 2 heterocycles. The summed E-state index contributed by atoms with van der Waals surface area (Å²) in [4.78, 5) is 25.2. The van der Waals surface area contributed by atoms with Crippen LogP contribution in [0.1, 0.15) is 49.8 Å². The minimum absolute atomic E-state index is 0.209. The normalized spacial score (nSPS) is 14.2. The number of nitrogens with zero attached hydrogens (tertiary/aromatic N) is 2. The van der Waals surface area contributed by atoms with E-state index < -0.39 is 34.4 Å². The van der Waals surface area contributed by atoms with Gasteiger partial charge in [-0.3, -0.25) is 14.3 Å². The van der Waals surface area contributed by atoms with Gasteiger partial charge in [-0.1, -0.05) is 11.6 Å².